The van der Waals surface area contributed by atoms with Crippen LogP contribution < -0.4 is 0 Å². The van der Waals surface area contributed by atoms with Crippen LogP contribution in [0.4, 0.5) is 0 Å². The van der Waals surface area contributed by atoms with Gasteiger partial charge in [-0.3, -0.25) is 9.48 Å². The number of hydrogen-bond acceptors (Lipinski definition) is 4. The summed E-state index contributed by atoms with van der Waals surface area (Å²) in [5.41, 5.74) is 0.909. The van der Waals surface area contributed by atoms with Crippen LogP contribution in [0.2, 0.25) is 0 Å². The number of nitrogens with zero attached hydrogens (tertiary/aromatic N) is 4. The lowest BCUT2D eigenvalue weighted by atomic mass is 10.2. The molecule has 112 valence electrons. The van der Waals surface area contributed by atoms with Crippen molar-refractivity contribution < 1.29 is 4.79 Å². The Hall–Kier alpha value is -1.69. The summed E-state index contributed by atoms with van der Waals surface area (Å²) < 4.78 is 1.91. The molecule has 5 nitrogen and oxygen atoms in total. The van der Waals surface area contributed by atoms with Gasteiger partial charge >= 0.3 is 0 Å². The predicted molar refractivity (Wildman–Crippen MR) is 82.2 cm³/mol. The van der Waals surface area contributed by atoms with Gasteiger partial charge in [-0.25, -0.2) is 4.98 Å². The minimum absolute atomic E-state index is 0.192. The predicted octanol–water partition coefficient (Wildman–Crippen LogP) is 2.14. The van der Waals surface area contributed by atoms with Crippen LogP contribution in [0.1, 0.15) is 30.5 Å². The van der Waals surface area contributed by atoms with Crippen molar-refractivity contribution in [1.82, 2.24) is 19.7 Å². The molecule has 0 N–H and O–H groups in total. The normalized spacial score (nSPS) is 18.3. The molecular weight excluding hydrogens is 284 g/mol. The minimum atomic E-state index is 0.192. The van der Waals surface area contributed by atoms with Crippen molar-refractivity contribution in [1.29, 1.82) is 0 Å². The molecular formula is C15H20N4OS. The summed E-state index contributed by atoms with van der Waals surface area (Å²) in [7, 11) is 0. The quantitative estimate of drug-likeness (QED) is 0.850. The Morgan fingerprint density at radius 2 is 2.43 bits per heavy atom. The van der Waals surface area contributed by atoms with E-state index in [0.717, 1.165) is 43.1 Å². The molecule has 1 aliphatic rings. The van der Waals surface area contributed by atoms with Gasteiger partial charge in [-0.1, -0.05) is 6.92 Å². The highest BCUT2D eigenvalue weighted by Gasteiger charge is 2.29. The maximum Gasteiger partial charge on any atom is 0.228 e. The van der Waals surface area contributed by atoms with Gasteiger partial charge in [0.05, 0.1) is 29.7 Å². The van der Waals surface area contributed by atoms with E-state index in [2.05, 4.69) is 17.0 Å². The first-order valence-electron chi connectivity index (χ1n) is 7.46. The fourth-order valence-corrected chi connectivity index (χ4v) is 3.57. The van der Waals surface area contributed by atoms with E-state index in [0.29, 0.717) is 6.42 Å². The van der Waals surface area contributed by atoms with Gasteiger partial charge < -0.3 is 4.90 Å². The fourth-order valence-electron chi connectivity index (χ4n) is 2.83. The number of aromatic nitrogens is 3. The monoisotopic (exact) mass is 304 g/mol. The van der Waals surface area contributed by atoms with Crippen LogP contribution >= 0.6 is 11.3 Å². The van der Waals surface area contributed by atoms with Crippen LogP contribution in [0.3, 0.4) is 0 Å². The molecule has 1 fully saturated rings. The first-order valence-corrected chi connectivity index (χ1v) is 8.34. The van der Waals surface area contributed by atoms with Crippen LogP contribution in [0.25, 0.3) is 0 Å². The van der Waals surface area contributed by atoms with Gasteiger partial charge in [-0.15, -0.1) is 11.3 Å². The smallest absolute Gasteiger partial charge is 0.228 e. The topological polar surface area (TPSA) is 51.0 Å². The van der Waals surface area contributed by atoms with Crippen molar-refractivity contribution in [2.75, 3.05) is 6.54 Å². The molecule has 1 saturated heterocycles. The minimum Gasteiger partial charge on any atom is -0.338 e. The first kappa shape index (κ1) is 14.3. The number of hydrogen-bond donors (Lipinski definition) is 0. The van der Waals surface area contributed by atoms with E-state index < -0.39 is 0 Å². The lowest BCUT2D eigenvalue weighted by Crippen LogP contribution is -2.39. The Morgan fingerprint density at radius 3 is 3.14 bits per heavy atom. The third-order valence-corrected chi connectivity index (χ3v) is 4.93. The number of amides is 1. The number of carbonyl (C=O) groups excluding carboxylic acids is 1. The molecule has 1 aliphatic heterocycles. The number of rotatable bonds is 5. The first-order chi connectivity index (χ1) is 10.3. The third kappa shape index (κ3) is 3.32. The van der Waals surface area contributed by atoms with Crippen molar-refractivity contribution in [2.24, 2.45) is 0 Å². The van der Waals surface area contributed by atoms with Crippen molar-refractivity contribution >= 4 is 17.2 Å². The van der Waals surface area contributed by atoms with E-state index in [1.807, 2.05) is 27.2 Å². The SMILES string of the molecule is CCc1nc(CC(=O)N2CCC[C@@H]2Cn2cccn2)cs1. The van der Waals surface area contributed by atoms with E-state index >= 15 is 0 Å². The summed E-state index contributed by atoms with van der Waals surface area (Å²) in [5, 5.41) is 7.35. The summed E-state index contributed by atoms with van der Waals surface area (Å²) in [6.07, 6.45) is 7.23. The van der Waals surface area contributed by atoms with Gasteiger partial charge in [0.2, 0.25) is 5.91 Å². The Morgan fingerprint density at radius 1 is 1.52 bits per heavy atom. The summed E-state index contributed by atoms with van der Waals surface area (Å²) in [5.74, 6) is 0.192. The molecule has 3 rings (SSSR count). The molecule has 0 aromatic carbocycles. The van der Waals surface area contributed by atoms with Gasteiger partial charge in [-0.2, -0.15) is 5.10 Å². The number of aryl methyl sites for hydroxylation is 1. The Bertz CT molecular complexity index is 593. The van der Waals surface area contributed by atoms with Crippen LogP contribution in [-0.4, -0.2) is 38.2 Å². The Balaban J connectivity index is 1.62. The van der Waals surface area contributed by atoms with Crippen LogP contribution in [0.15, 0.2) is 23.8 Å². The third-order valence-electron chi connectivity index (χ3n) is 3.89. The number of thiazole rings is 1. The van der Waals surface area contributed by atoms with Gasteiger partial charge in [0.25, 0.3) is 0 Å². The molecule has 0 saturated carbocycles. The lowest BCUT2D eigenvalue weighted by molar-refractivity contribution is -0.131. The van der Waals surface area contributed by atoms with Gasteiger partial charge in [0, 0.05) is 24.3 Å². The second-order valence-corrected chi connectivity index (χ2v) is 6.32. The number of likely N-dealkylation sites (tertiary alicyclic amines) is 1. The average molecular weight is 304 g/mol. The van der Waals surface area contributed by atoms with Gasteiger partial charge in [0.1, 0.15) is 0 Å². The highest BCUT2D eigenvalue weighted by molar-refractivity contribution is 7.09. The molecule has 1 amide bonds. The van der Waals surface area contributed by atoms with Gasteiger partial charge in [-0.05, 0) is 25.3 Å². The molecule has 0 unspecified atom stereocenters. The van der Waals surface area contributed by atoms with E-state index in [-0.39, 0.29) is 11.9 Å². The van der Waals surface area contributed by atoms with Gasteiger partial charge in [0.15, 0.2) is 0 Å². The van der Waals surface area contributed by atoms with Crippen molar-refractivity contribution in [3.05, 3.63) is 34.5 Å². The zero-order valence-corrected chi connectivity index (χ0v) is 13.1. The Kier molecular flexibility index (Phi) is 4.34. The van der Waals surface area contributed by atoms with Crippen molar-refractivity contribution in [3.8, 4) is 0 Å². The van der Waals surface area contributed by atoms with Crippen molar-refractivity contribution in [3.63, 3.8) is 0 Å². The van der Waals surface area contributed by atoms with E-state index in [9.17, 15) is 4.79 Å². The van der Waals surface area contributed by atoms with Crippen molar-refractivity contribution in [2.45, 2.75) is 45.2 Å². The molecule has 0 aliphatic carbocycles. The molecule has 0 bridgehead atoms. The van der Waals surface area contributed by atoms with E-state index in [1.54, 1.807) is 17.5 Å². The van der Waals surface area contributed by atoms with E-state index in [4.69, 9.17) is 0 Å². The summed E-state index contributed by atoms with van der Waals surface area (Å²) in [6, 6.07) is 2.18. The molecule has 1 atom stereocenters. The molecule has 21 heavy (non-hydrogen) atoms. The zero-order valence-electron chi connectivity index (χ0n) is 12.2. The van der Waals surface area contributed by atoms with E-state index in [1.165, 1.54) is 0 Å². The van der Waals surface area contributed by atoms with Crippen LogP contribution in [0, 0.1) is 0 Å². The zero-order chi connectivity index (χ0) is 14.7. The van der Waals surface area contributed by atoms with Crippen LogP contribution in [0.5, 0.6) is 0 Å². The standard InChI is InChI=1S/C15H20N4OS/c1-2-14-17-12(11-21-14)9-15(20)19-8-3-5-13(19)10-18-7-4-6-16-18/h4,6-7,11,13H,2-3,5,8-10H2,1H3/t13-/m1/s1. The summed E-state index contributed by atoms with van der Waals surface area (Å²) in [4.78, 5) is 19.0. The molecule has 2 aromatic rings. The van der Waals surface area contributed by atoms with Crippen LogP contribution in [-0.2, 0) is 24.2 Å². The fraction of sp³-hybridized carbons (Fsp3) is 0.533. The number of carbonyl (C=O) groups is 1. The molecule has 3 heterocycles. The lowest BCUT2D eigenvalue weighted by Gasteiger charge is -2.24. The summed E-state index contributed by atoms with van der Waals surface area (Å²) in [6.45, 7) is 3.73. The molecule has 0 spiro atoms. The Labute approximate surface area is 128 Å². The second-order valence-electron chi connectivity index (χ2n) is 5.37. The molecule has 2 aromatic heterocycles. The summed E-state index contributed by atoms with van der Waals surface area (Å²) >= 11 is 1.64. The maximum atomic E-state index is 12.5. The molecule has 6 heteroatoms. The average Bonchev–Trinajstić information content (AvgIpc) is 3.20. The maximum absolute atomic E-state index is 12.5. The highest BCUT2D eigenvalue weighted by atomic mass is 32.1. The molecule has 0 radical (unpaired) electrons. The highest BCUT2D eigenvalue weighted by Crippen LogP contribution is 2.20. The second kappa shape index (κ2) is 6.39. The largest absolute Gasteiger partial charge is 0.338 e.